The van der Waals surface area contributed by atoms with Crippen molar-refractivity contribution in [1.29, 1.82) is 0 Å². The van der Waals surface area contributed by atoms with Gasteiger partial charge in [0.05, 0.1) is 5.75 Å². The first-order valence-electron chi connectivity index (χ1n) is 10.5. The Kier molecular flexibility index (Phi) is 7.35. The van der Waals surface area contributed by atoms with Crippen LogP contribution in [0.2, 0.25) is 5.02 Å². The Labute approximate surface area is 197 Å². The summed E-state index contributed by atoms with van der Waals surface area (Å²) in [5.41, 5.74) is 2.59. The lowest BCUT2D eigenvalue weighted by Gasteiger charge is -2.36. The third kappa shape index (κ3) is 5.84. The van der Waals surface area contributed by atoms with Gasteiger partial charge in [0.15, 0.2) is 0 Å². The number of carbonyl (C=O) groups excluding carboxylic acids is 2. The van der Waals surface area contributed by atoms with E-state index in [1.807, 2.05) is 83.8 Å². The van der Waals surface area contributed by atoms with E-state index in [0.29, 0.717) is 23.9 Å². The molecule has 0 unspecified atom stereocenters. The Morgan fingerprint density at radius 1 is 0.844 bits per heavy atom. The van der Waals surface area contributed by atoms with Gasteiger partial charge in [-0.2, -0.15) is 0 Å². The Morgan fingerprint density at radius 3 is 2.16 bits per heavy atom. The largest absolute Gasteiger partial charge is 0.368 e. The van der Waals surface area contributed by atoms with Crippen LogP contribution in [-0.2, 0) is 4.79 Å². The molecule has 2 amide bonds. The maximum Gasteiger partial charge on any atom is 0.253 e. The van der Waals surface area contributed by atoms with Crippen molar-refractivity contribution < 1.29 is 9.59 Å². The normalized spacial score (nSPS) is 13.7. The van der Waals surface area contributed by atoms with Crippen LogP contribution in [0, 0.1) is 0 Å². The quantitative estimate of drug-likeness (QED) is 0.518. The fraction of sp³-hybridized carbons (Fsp3) is 0.200. The number of nitrogens with zero attached hydrogens (tertiary/aromatic N) is 2. The van der Waals surface area contributed by atoms with Gasteiger partial charge in [0, 0.05) is 53.0 Å². The van der Waals surface area contributed by atoms with Gasteiger partial charge in [-0.05, 0) is 60.7 Å². The van der Waals surface area contributed by atoms with Crippen LogP contribution in [0.4, 0.5) is 11.4 Å². The van der Waals surface area contributed by atoms with Gasteiger partial charge in [-0.25, -0.2) is 0 Å². The van der Waals surface area contributed by atoms with Gasteiger partial charge in [0.1, 0.15) is 0 Å². The lowest BCUT2D eigenvalue weighted by Crippen LogP contribution is -2.48. The summed E-state index contributed by atoms with van der Waals surface area (Å²) in [6, 6.07) is 24.7. The Morgan fingerprint density at radius 2 is 1.50 bits per heavy atom. The third-order valence-corrected chi connectivity index (χ3v) is 6.55. The second kappa shape index (κ2) is 10.6. The summed E-state index contributed by atoms with van der Waals surface area (Å²) in [4.78, 5) is 30.0. The number of hydrogen-bond acceptors (Lipinski definition) is 4. The number of piperazine rings is 1. The molecule has 1 saturated heterocycles. The molecule has 0 bridgehead atoms. The first-order valence-corrected chi connectivity index (χ1v) is 11.8. The molecule has 1 heterocycles. The van der Waals surface area contributed by atoms with Crippen molar-refractivity contribution in [3.8, 4) is 0 Å². The van der Waals surface area contributed by atoms with Gasteiger partial charge in [0.2, 0.25) is 5.91 Å². The molecule has 0 atom stereocenters. The molecule has 0 aromatic heterocycles. The van der Waals surface area contributed by atoms with Crippen molar-refractivity contribution in [3.63, 3.8) is 0 Å². The first-order chi connectivity index (χ1) is 15.6. The maximum atomic E-state index is 12.6. The molecule has 0 aliphatic carbocycles. The highest BCUT2D eigenvalue weighted by molar-refractivity contribution is 8.00. The molecular weight excluding hydrogens is 442 g/mol. The SMILES string of the molecule is O=C(CSc1ccc(Cl)cc1)Nc1ccc(N2CCN(C(=O)c3ccccc3)CC2)cc1. The molecule has 4 rings (SSSR count). The summed E-state index contributed by atoms with van der Waals surface area (Å²) in [5, 5.41) is 3.62. The average molecular weight is 466 g/mol. The molecule has 3 aromatic rings. The summed E-state index contributed by atoms with van der Waals surface area (Å²) in [5.74, 6) is 0.367. The lowest BCUT2D eigenvalue weighted by molar-refractivity contribution is -0.113. The van der Waals surface area contributed by atoms with Gasteiger partial charge < -0.3 is 15.1 Å². The van der Waals surface area contributed by atoms with Crippen molar-refractivity contribution in [1.82, 2.24) is 4.90 Å². The van der Waals surface area contributed by atoms with Gasteiger partial charge in [-0.3, -0.25) is 9.59 Å². The molecular formula is C25H24ClN3O2S. The number of carbonyl (C=O) groups is 2. The average Bonchev–Trinajstić information content (AvgIpc) is 2.84. The highest BCUT2D eigenvalue weighted by Crippen LogP contribution is 2.22. The van der Waals surface area contributed by atoms with Crippen LogP contribution < -0.4 is 10.2 Å². The molecule has 164 valence electrons. The topological polar surface area (TPSA) is 52.7 Å². The van der Waals surface area contributed by atoms with Crippen LogP contribution >= 0.6 is 23.4 Å². The van der Waals surface area contributed by atoms with Crippen LogP contribution in [0.1, 0.15) is 10.4 Å². The summed E-state index contributed by atoms with van der Waals surface area (Å²) < 4.78 is 0. The number of thioether (sulfide) groups is 1. The standard InChI is InChI=1S/C25H24ClN3O2S/c26-20-6-12-23(13-7-20)32-18-24(30)27-21-8-10-22(11-9-21)28-14-16-29(17-15-28)25(31)19-4-2-1-3-5-19/h1-13H,14-18H2,(H,27,30). The van der Waals surface area contributed by atoms with E-state index in [1.54, 1.807) is 0 Å². The molecule has 0 saturated carbocycles. The highest BCUT2D eigenvalue weighted by Gasteiger charge is 2.22. The number of rotatable bonds is 6. The van der Waals surface area contributed by atoms with E-state index >= 15 is 0 Å². The molecule has 1 aliphatic rings. The molecule has 1 N–H and O–H groups in total. The molecule has 1 aliphatic heterocycles. The third-order valence-electron chi connectivity index (χ3n) is 5.29. The predicted molar refractivity (Wildman–Crippen MR) is 132 cm³/mol. The van der Waals surface area contributed by atoms with Crippen molar-refractivity contribution in [3.05, 3.63) is 89.4 Å². The summed E-state index contributed by atoms with van der Waals surface area (Å²) in [6.07, 6.45) is 0. The molecule has 0 radical (unpaired) electrons. The van der Waals surface area contributed by atoms with E-state index in [2.05, 4.69) is 10.2 Å². The fourth-order valence-electron chi connectivity index (χ4n) is 3.56. The molecule has 32 heavy (non-hydrogen) atoms. The van der Waals surface area contributed by atoms with Crippen LogP contribution in [0.15, 0.2) is 83.8 Å². The Balaban J connectivity index is 1.25. The number of halogens is 1. The van der Waals surface area contributed by atoms with Gasteiger partial charge in [0.25, 0.3) is 5.91 Å². The van der Waals surface area contributed by atoms with Gasteiger partial charge in [-0.15, -0.1) is 11.8 Å². The Bertz CT molecular complexity index is 1050. The number of nitrogens with one attached hydrogen (secondary N) is 1. The van der Waals surface area contributed by atoms with Gasteiger partial charge >= 0.3 is 0 Å². The maximum absolute atomic E-state index is 12.6. The Hall–Kier alpha value is -2.96. The lowest BCUT2D eigenvalue weighted by atomic mass is 10.1. The second-order valence-corrected chi connectivity index (χ2v) is 8.97. The fourth-order valence-corrected chi connectivity index (χ4v) is 4.39. The van der Waals surface area contributed by atoms with E-state index < -0.39 is 0 Å². The van der Waals surface area contributed by atoms with E-state index in [-0.39, 0.29) is 11.8 Å². The first kappa shape index (κ1) is 22.2. The summed E-state index contributed by atoms with van der Waals surface area (Å²) >= 11 is 7.36. The smallest absolute Gasteiger partial charge is 0.253 e. The van der Waals surface area contributed by atoms with Crippen LogP contribution in [0.25, 0.3) is 0 Å². The minimum atomic E-state index is -0.0502. The number of anilines is 2. The van der Waals surface area contributed by atoms with Crippen molar-refractivity contribution in [2.45, 2.75) is 4.90 Å². The number of amides is 2. The summed E-state index contributed by atoms with van der Waals surface area (Å²) in [7, 11) is 0. The zero-order chi connectivity index (χ0) is 22.3. The number of hydrogen-bond donors (Lipinski definition) is 1. The van der Waals surface area contributed by atoms with Gasteiger partial charge in [-0.1, -0.05) is 29.8 Å². The van der Waals surface area contributed by atoms with E-state index in [1.165, 1.54) is 11.8 Å². The van der Waals surface area contributed by atoms with E-state index in [4.69, 9.17) is 11.6 Å². The minimum Gasteiger partial charge on any atom is -0.368 e. The van der Waals surface area contributed by atoms with Crippen LogP contribution in [-0.4, -0.2) is 48.6 Å². The second-order valence-electron chi connectivity index (χ2n) is 7.48. The number of benzene rings is 3. The van der Waals surface area contributed by atoms with Crippen LogP contribution in [0.5, 0.6) is 0 Å². The molecule has 7 heteroatoms. The molecule has 0 spiro atoms. The molecule has 3 aromatic carbocycles. The van der Waals surface area contributed by atoms with E-state index in [9.17, 15) is 9.59 Å². The van der Waals surface area contributed by atoms with Crippen molar-refractivity contribution in [2.75, 3.05) is 42.1 Å². The highest BCUT2D eigenvalue weighted by atomic mass is 35.5. The molecule has 1 fully saturated rings. The van der Waals surface area contributed by atoms with Crippen molar-refractivity contribution >= 4 is 46.6 Å². The minimum absolute atomic E-state index is 0.0502. The van der Waals surface area contributed by atoms with Crippen LogP contribution in [0.3, 0.4) is 0 Å². The zero-order valence-corrected chi connectivity index (χ0v) is 19.1. The molecule has 5 nitrogen and oxygen atoms in total. The van der Waals surface area contributed by atoms with E-state index in [0.717, 1.165) is 34.9 Å². The van der Waals surface area contributed by atoms with Crippen molar-refractivity contribution in [2.24, 2.45) is 0 Å². The summed E-state index contributed by atoms with van der Waals surface area (Å²) in [6.45, 7) is 2.94. The predicted octanol–water partition coefficient (Wildman–Crippen LogP) is 5.03. The zero-order valence-electron chi connectivity index (χ0n) is 17.5. The monoisotopic (exact) mass is 465 g/mol.